The van der Waals surface area contributed by atoms with E-state index >= 15 is 0 Å². The number of nitriles is 1. The third-order valence-electron chi connectivity index (χ3n) is 10.1. The fraction of sp³-hybridized carbons (Fsp3) is 0. The molecule has 9 aromatic carbocycles. The highest BCUT2D eigenvalue weighted by Crippen LogP contribution is 2.43. The van der Waals surface area contributed by atoms with Crippen molar-refractivity contribution in [2.45, 2.75) is 0 Å². The van der Waals surface area contributed by atoms with E-state index in [4.69, 9.17) is 5.26 Å². The summed E-state index contributed by atoms with van der Waals surface area (Å²) in [6.07, 6.45) is 0. The molecule has 0 spiro atoms. The summed E-state index contributed by atoms with van der Waals surface area (Å²) < 4.78 is 2.67. The second kappa shape index (κ2) is 10.9. The van der Waals surface area contributed by atoms with E-state index in [1.54, 1.807) is 0 Å². The predicted octanol–water partition coefficient (Wildman–Crippen LogP) is 13.5. The van der Waals surface area contributed by atoms with Crippen LogP contribution < -0.4 is 0 Å². The summed E-state index contributed by atoms with van der Waals surface area (Å²) in [6.45, 7) is 0. The summed E-state index contributed by atoms with van der Waals surface area (Å²) in [5, 5.41) is 22.0. The average molecular weight is 638 g/mol. The fourth-order valence-corrected chi connectivity index (χ4v) is 8.70. The molecule has 0 atom stereocenters. The van der Waals surface area contributed by atoms with Crippen LogP contribution in [0.25, 0.3) is 96.6 Å². The number of hydrogen-bond acceptors (Lipinski definition) is 2. The topological polar surface area (TPSA) is 23.8 Å². The van der Waals surface area contributed by atoms with E-state index in [0.717, 1.165) is 11.1 Å². The van der Waals surface area contributed by atoms with Crippen molar-refractivity contribution in [2.24, 2.45) is 0 Å². The lowest BCUT2D eigenvalue weighted by atomic mass is 9.90. The van der Waals surface area contributed by atoms with Crippen LogP contribution in [-0.4, -0.2) is 0 Å². The van der Waals surface area contributed by atoms with Crippen LogP contribution in [-0.2, 0) is 0 Å². The van der Waals surface area contributed by atoms with Gasteiger partial charge in [0, 0.05) is 20.2 Å². The third kappa shape index (κ3) is 4.52. The normalized spacial score (nSPS) is 11.7. The minimum Gasteiger partial charge on any atom is -0.192 e. The number of hydrogen-bond donors (Lipinski definition) is 0. The number of rotatable bonds is 3. The molecule has 0 aliphatic heterocycles. The van der Waals surface area contributed by atoms with Crippen LogP contribution in [0.1, 0.15) is 5.56 Å². The molecule has 2 heteroatoms. The third-order valence-corrected chi connectivity index (χ3v) is 11.2. The van der Waals surface area contributed by atoms with Crippen molar-refractivity contribution >= 4 is 74.6 Å². The van der Waals surface area contributed by atoms with Crippen molar-refractivity contribution in [1.29, 1.82) is 5.26 Å². The quantitative estimate of drug-likeness (QED) is 0.177. The van der Waals surface area contributed by atoms with E-state index < -0.39 is 0 Å². The molecule has 1 aromatic heterocycles. The summed E-state index contributed by atoms with van der Waals surface area (Å²) in [4.78, 5) is 0. The molecular weight excluding hydrogens is 611 g/mol. The van der Waals surface area contributed by atoms with Crippen LogP contribution in [0.4, 0.5) is 0 Å². The van der Waals surface area contributed by atoms with E-state index in [1.807, 2.05) is 35.6 Å². The van der Waals surface area contributed by atoms with Gasteiger partial charge in [0.25, 0.3) is 0 Å². The molecule has 1 heterocycles. The number of benzene rings is 9. The molecule has 0 saturated carbocycles. The Morgan fingerprint density at radius 3 is 1.57 bits per heavy atom. The largest absolute Gasteiger partial charge is 0.192 e. The van der Waals surface area contributed by atoms with Gasteiger partial charge in [0.05, 0.1) is 11.6 Å². The van der Waals surface area contributed by atoms with E-state index in [9.17, 15) is 0 Å². The van der Waals surface area contributed by atoms with E-state index in [2.05, 4.69) is 146 Å². The van der Waals surface area contributed by atoms with Crippen molar-refractivity contribution in [1.82, 2.24) is 0 Å². The Labute approximate surface area is 287 Å². The molecule has 10 aromatic rings. The van der Waals surface area contributed by atoms with E-state index in [-0.39, 0.29) is 0 Å². The van der Waals surface area contributed by atoms with Crippen molar-refractivity contribution in [2.75, 3.05) is 0 Å². The second-order valence-corrected chi connectivity index (χ2v) is 13.9. The zero-order chi connectivity index (χ0) is 32.5. The van der Waals surface area contributed by atoms with Crippen LogP contribution in [0.5, 0.6) is 0 Å². The van der Waals surface area contributed by atoms with Crippen molar-refractivity contribution < 1.29 is 0 Å². The maximum atomic E-state index is 9.16. The molecule has 49 heavy (non-hydrogen) atoms. The van der Waals surface area contributed by atoms with Gasteiger partial charge in [-0.15, -0.1) is 11.3 Å². The summed E-state index contributed by atoms with van der Waals surface area (Å²) in [6, 6.07) is 61.7. The molecule has 0 radical (unpaired) electrons. The van der Waals surface area contributed by atoms with Gasteiger partial charge in [-0.25, -0.2) is 0 Å². The lowest BCUT2D eigenvalue weighted by molar-refractivity contribution is 1.48. The SMILES string of the molecule is N#Cc1ccc(-c2ccc3cc(-c4cccc(-c5ccc6c(c5)c5ccccc5c5cc7c(cc65)sc5ccccc57)c4)ccc3c2)cc1. The Kier molecular flexibility index (Phi) is 6.18. The summed E-state index contributed by atoms with van der Waals surface area (Å²) >= 11 is 1.88. The molecule has 0 unspecified atom stereocenters. The lowest BCUT2D eigenvalue weighted by Gasteiger charge is -2.13. The van der Waals surface area contributed by atoms with Gasteiger partial charge in [0.15, 0.2) is 0 Å². The number of thiophene rings is 1. The first-order valence-electron chi connectivity index (χ1n) is 16.5. The Morgan fingerprint density at radius 2 is 0.857 bits per heavy atom. The average Bonchev–Trinajstić information content (AvgIpc) is 3.54. The molecule has 0 fully saturated rings. The lowest BCUT2D eigenvalue weighted by Crippen LogP contribution is -1.86. The number of fused-ring (bicyclic) bond motifs is 10. The highest BCUT2D eigenvalue weighted by Gasteiger charge is 2.14. The van der Waals surface area contributed by atoms with Gasteiger partial charge in [0.2, 0.25) is 0 Å². The van der Waals surface area contributed by atoms with Gasteiger partial charge in [-0.1, -0.05) is 109 Å². The highest BCUT2D eigenvalue weighted by molar-refractivity contribution is 7.25. The molecule has 0 aliphatic rings. The number of nitrogens with zero attached hydrogens (tertiary/aromatic N) is 1. The Morgan fingerprint density at radius 1 is 0.327 bits per heavy atom. The van der Waals surface area contributed by atoms with E-state index in [0.29, 0.717) is 5.56 Å². The minimum atomic E-state index is 0.677. The monoisotopic (exact) mass is 637 g/mol. The molecule has 0 aliphatic carbocycles. The zero-order valence-corrected chi connectivity index (χ0v) is 27.3. The standard InChI is InChI=1S/C47H27NS/c48-28-29-12-14-30(15-13-29)33-16-17-36-24-34(18-19-35(36)23-33)31-6-5-7-32(22-31)37-20-21-40-42(25-37)38-8-1-2-9-39(38)43-26-45-41-10-3-4-11-46(41)49-47(45)27-44(40)43/h1-27H. The Balaban J connectivity index is 1.07. The molecule has 226 valence electrons. The van der Waals surface area contributed by atoms with Gasteiger partial charge >= 0.3 is 0 Å². The van der Waals surface area contributed by atoms with E-state index in [1.165, 1.54) is 85.5 Å². The Bertz CT molecular complexity index is 2990. The minimum absolute atomic E-state index is 0.677. The maximum absolute atomic E-state index is 9.16. The summed E-state index contributed by atoms with van der Waals surface area (Å²) in [7, 11) is 0. The Hall–Kier alpha value is -6.27. The predicted molar refractivity (Wildman–Crippen MR) is 210 cm³/mol. The zero-order valence-electron chi connectivity index (χ0n) is 26.4. The first-order valence-corrected chi connectivity index (χ1v) is 17.4. The van der Waals surface area contributed by atoms with Crippen LogP contribution in [0.2, 0.25) is 0 Å². The van der Waals surface area contributed by atoms with Gasteiger partial charge < -0.3 is 0 Å². The van der Waals surface area contributed by atoms with Crippen molar-refractivity contribution in [3.8, 4) is 39.4 Å². The molecule has 0 bridgehead atoms. The molecule has 0 saturated heterocycles. The van der Waals surface area contributed by atoms with Crippen molar-refractivity contribution in [3.63, 3.8) is 0 Å². The van der Waals surface area contributed by atoms with Crippen LogP contribution in [0.3, 0.4) is 0 Å². The smallest absolute Gasteiger partial charge is 0.0991 e. The maximum Gasteiger partial charge on any atom is 0.0991 e. The van der Waals surface area contributed by atoms with Gasteiger partial charge in [0.1, 0.15) is 0 Å². The molecular formula is C47H27NS. The molecule has 10 rings (SSSR count). The summed E-state index contributed by atoms with van der Waals surface area (Å²) in [5.74, 6) is 0. The first kappa shape index (κ1) is 27.8. The van der Waals surface area contributed by atoms with Crippen LogP contribution in [0.15, 0.2) is 164 Å². The van der Waals surface area contributed by atoms with Gasteiger partial charge in [-0.05, 0) is 131 Å². The van der Waals surface area contributed by atoms with Crippen LogP contribution >= 0.6 is 11.3 Å². The van der Waals surface area contributed by atoms with Gasteiger partial charge in [-0.2, -0.15) is 5.26 Å². The van der Waals surface area contributed by atoms with Crippen LogP contribution in [0, 0.1) is 11.3 Å². The van der Waals surface area contributed by atoms with Crippen molar-refractivity contribution in [3.05, 3.63) is 169 Å². The molecule has 0 N–H and O–H groups in total. The molecule has 1 nitrogen and oxygen atoms in total. The second-order valence-electron chi connectivity index (χ2n) is 12.8. The summed E-state index contributed by atoms with van der Waals surface area (Å²) in [5.41, 5.74) is 7.76. The fourth-order valence-electron chi connectivity index (χ4n) is 7.57. The first-order chi connectivity index (χ1) is 24.2. The highest BCUT2D eigenvalue weighted by atomic mass is 32.1. The molecule has 0 amide bonds. The van der Waals surface area contributed by atoms with Gasteiger partial charge in [-0.3, -0.25) is 0 Å².